The van der Waals surface area contributed by atoms with Gasteiger partial charge in [0.05, 0.1) is 12.2 Å². The van der Waals surface area contributed by atoms with Gasteiger partial charge in [-0.25, -0.2) is 0 Å². The number of carbonyl (C=O) groups is 1. The molecule has 0 aromatic carbocycles. The molecule has 3 rings (SSSR count). The molecule has 0 saturated heterocycles. The van der Waals surface area contributed by atoms with E-state index in [9.17, 15) is 15.0 Å². The number of ether oxygens (including phenoxy) is 2. The standard InChI is InChI=1S/C19H22Cl2NO5/c1-26-19(22-7-3-2-4-8-22)17(20)9-13(16(25)12-23)11-18(19,21)27-15-6-5-14(24)10-15/h2-4,7-9,11,14-15,23-24H,5-6,10,12H2,1H3/q+1/t14-,15+,18?,19?/m0/s1. The van der Waals surface area contributed by atoms with Crippen molar-refractivity contribution >= 4 is 29.0 Å². The van der Waals surface area contributed by atoms with Crippen molar-refractivity contribution in [1.82, 2.24) is 0 Å². The first kappa shape index (κ1) is 20.5. The smallest absolute Gasteiger partial charge is 0.357 e. The van der Waals surface area contributed by atoms with E-state index >= 15 is 0 Å². The summed E-state index contributed by atoms with van der Waals surface area (Å²) in [6, 6.07) is 5.42. The van der Waals surface area contributed by atoms with Crippen LogP contribution in [0.4, 0.5) is 0 Å². The Morgan fingerprint density at radius 1 is 1.33 bits per heavy atom. The van der Waals surface area contributed by atoms with Gasteiger partial charge in [0.2, 0.25) is 0 Å². The quantitative estimate of drug-likeness (QED) is 0.547. The lowest BCUT2D eigenvalue weighted by atomic mass is 9.92. The van der Waals surface area contributed by atoms with Crippen molar-refractivity contribution in [2.24, 2.45) is 0 Å². The van der Waals surface area contributed by atoms with Gasteiger partial charge >= 0.3 is 5.72 Å². The van der Waals surface area contributed by atoms with Gasteiger partial charge in [-0.3, -0.25) is 4.79 Å². The van der Waals surface area contributed by atoms with Gasteiger partial charge in [0.15, 0.2) is 18.2 Å². The summed E-state index contributed by atoms with van der Waals surface area (Å²) in [5.74, 6) is -0.531. The molecular weight excluding hydrogens is 393 g/mol. The summed E-state index contributed by atoms with van der Waals surface area (Å²) in [4.78, 5) is 12.1. The number of methoxy groups -OCH3 is 1. The number of hydrogen-bond donors (Lipinski definition) is 2. The molecule has 1 saturated carbocycles. The number of ketones is 1. The summed E-state index contributed by atoms with van der Waals surface area (Å²) in [5.41, 5.74) is -1.33. The van der Waals surface area contributed by atoms with E-state index in [1.54, 1.807) is 29.1 Å². The Kier molecular flexibility index (Phi) is 6.05. The number of aliphatic hydroxyl groups is 2. The Hall–Kier alpha value is -1.28. The fourth-order valence-electron chi connectivity index (χ4n) is 3.62. The van der Waals surface area contributed by atoms with Crippen molar-refractivity contribution in [3.63, 3.8) is 0 Å². The highest BCUT2D eigenvalue weighted by atomic mass is 35.5. The summed E-state index contributed by atoms with van der Waals surface area (Å²) in [7, 11) is 1.45. The van der Waals surface area contributed by atoms with Crippen molar-refractivity contribution in [2.45, 2.75) is 42.3 Å². The second-order valence-corrected chi connectivity index (χ2v) is 7.62. The molecule has 1 heterocycles. The zero-order valence-corrected chi connectivity index (χ0v) is 16.4. The van der Waals surface area contributed by atoms with Gasteiger partial charge in [-0.2, -0.15) is 4.57 Å². The Labute approximate surface area is 167 Å². The number of aromatic nitrogens is 1. The molecule has 6 nitrogen and oxygen atoms in total. The monoisotopic (exact) mass is 414 g/mol. The van der Waals surface area contributed by atoms with Crippen LogP contribution in [-0.4, -0.2) is 47.0 Å². The molecule has 0 amide bonds. The molecule has 2 aliphatic rings. The highest BCUT2D eigenvalue weighted by molar-refractivity contribution is 6.34. The number of rotatable bonds is 6. The summed E-state index contributed by atoms with van der Waals surface area (Å²) >= 11 is 13.6. The normalized spacial score (nSPS) is 33.5. The minimum absolute atomic E-state index is 0.133. The predicted octanol–water partition coefficient (Wildman–Crippen LogP) is 1.76. The Morgan fingerprint density at radius 2 is 2.04 bits per heavy atom. The lowest BCUT2D eigenvalue weighted by Crippen LogP contribution is -2.69. The maximum absolute atomic E-state index is 12.1. The van der Waals surface area contributed by atoms with Crippen LogP contribution in [0.3, 0.4) is 0 Å². The van der Waals surface area contributed by atoms with E-state index < -0.39 is 29.3 Å². The number of alkyl halides is 1. The second kappa shape index (κ2) is 7.99. The number of pyridine rings is 1. The minimum atomic E-state index is -1.67. The Bertz CT molecular complexity index is 769. The first-order valence-corrected chi connectivity index (χ1v) is 9.43. The average Bonchev–Trinajstić information content (AvgIpc) is 3.06. The number of carbonyl (C=O) groups excluding carboxylic acids is 1. The van der Waals surface area contributed by atoms with Gasteiger partial charge in [0.25, 0.3) is 5.06 Å². The molecule has 0 bridgehead atoms. The van der Waals surface area contributed by atoms with E-state index in [1.165, 1.54) is 19.3 Å². The van der Waals surface area contributed by atoms with Gasteiger partial charge in [-0.05, 0) is 31.4 Å². The first-order chi connectivity index (χ1) is 12.9. The molecule has 0 aliphatic heterocycles. The molecule has 146 valence electrons. The van der Waals surface area contributed by atoms with Gasteiger partial charge < -0.3 is 19.7 Å². The molecule has 1 fully saturated rings. The zero-order valence-electron chi connectivity index (χ0n) is 14.8. The number of allylic oxidation sites excluding steroid dienone is 1. The summed E-state index contributed by atoms with van der Waals surface area (Å²) < 4.78 is 13.7. The van der Waals surface area contributed by atoms with Crippen LogP contribution in [0.15, 0.2) is 53.4 Å². The summed E-state index contributed by atoms with van der Waals surface area (Å²) in [6.45, 7) is -0.680. The first-order valence-electron chi connectivity index (χ1n) is 8.67. The van der Waals surface area contributed by atoms with E-state index in [4.69, 9.17) is 32.7 Å². The van der Waals surface area contributed by atoms with Crippen LogP contribution in [0.2, 0.25) is 0 Å². The second-order valence-electron chi connectivity index (χ2n) is 6.66. The van der Waals surface area contributed by atoms with E-state index in [2.05, 4.69) is 0 Å². The van der Waals surface area contributed by atoms with Crippen LogP contribution < -0.4 is 4.57 Å². The van der Waals surface area contributed by atoms with Crippen LogP contribution in [0.5, 0.6) is 0 Å². The molecule has 2 aliphatic carbocycles. The molecule has 27 heavy (non-hydrogen) atoms. The fourth-order valence-corrected chi connectivity index (χ4v) is 4.62. The van der Waals surface area contributed by atoms with Crippen molar-refractivity contribution in [3.05, 3.63) is 53.4 Å². The third-order valence-corrected chi connectivity index (χ3v) is 5.76. The Morgan fingerprint density at radius 3 is 2.59 bits per heavy atom. The van der Waals surface area contributed by atoms with Crippen LogP contribution in [-0.2, 0) is 20.0 Å². The lowest BCUT2D eigenvalue weighted by molar-refractivity contribution is -0.807. The number of halogens is 2. The summed E-state index contributed by atoms with van der Waals surface area (Å²) in [5, 5.41) is 17.6. The topological polar surface area (TPSA) is 79.9 Å². The minimum Gasteiger partial charge on any atom is -0.393 e. The van der Waals surface area contributed by atoms with E-state index in [0.717, 1.165) is 0 Å². The number of aliphatic hydroxyl groups excluding tert-OH is 2. The molecule has 8 heteroatoms. The summed E-state index contributed by atoms with van der Waals surface area (Å²) in [6.07, 6.45) is 7.16. The zero-order chi connectivity index (χ0) is 19.7. The lowest BCUT2D eigenvalue weighted by Gasteiger charge is -2.41. The highest BCUT2D eigenvalue weighted by Gasteiger charge is 2.65. The molecule has 0 spiro atoms. The van der Waals surface area contributed by atoms with Crippen LogP contribution in [0.1, 0.15) is 19.3 Å². The maximum atomic E-state index is 12.1. The van der Waals surface area contributed by atoms with Gasteiger partial charge in [0.1, 0.15) is 11.6 Å². The van der Waals surface area contributed by atoms with E-state index in [1.807, 2.05) is 6.07 Å². The van der Waals surface area contributed by atoms with E-state index in [-0.39, 0.29) is 16.7 Å². The van der Waals surface area contributed by atoms with Crippen LogP contribution in [0, 0.1) is 0 Å². The van der Waals surface area contributed by atoms with Crippen molar-refractivity contribution < 1.29 is 29.0 Å². The van der Waals surface area contributed by atoms with Crippen molar-refractivity contribution in [1.29, 1.82) is 0 Å². The number of hydrogen-bond acceptors (Lipinski definition) is 5. The van der Waals surface area contributed by atoms with Gasteiger partial charge in [0, 0.05) is 24.8 Å². The average molecular weight is 415 g/mol. The fraction of sp³-hybridized carbons (Fsp3) is 0.474. The molecular formula is C19H22Cl2NO5+. The largest absolute Gasteiger partial charge is 0.393 e. The molecule has 2 N–H and O–H groups in total. The highest BCUT2D eigenvalue weighted by Crippen LogP contribution is 2.48. The third-order valence-electron chi connectivity index (χ3n) is 4.94. The van der Waals surface area contributed by atoms with E-state index in [0.29, 0.717) is 19.3 Å². The van der Waals surface area contributed by atoms with Crippen LogP contribution >= 0.6 is 23.2 Å². The number of Topliss-reactive ketones (excluding diaryl/α,β-unsaturated/α-hetero) is 1. The third kappa shape index (κ3) is 3.58. The van der Waals surface area contributed by atoms with Crippen LogP contribution in [0.25, 0.3) is 0 Å². The van der Waals surface area contributed by atoms with Crippen molar-refractivity contribution in [2.75, 3.05) is 13.7 Å². The molecule has 0 radical (unpaired) electrons. The predicted molar refractivity (Wildman–Crippen MR) is 99.0 cm³/mol. The molecule has 1 aromatic heterocycles. The van der Waals surface area contributed by atoms with Gasteiger partial charge in [-0.1, -0.05) is 29.3 Å². The molecule has 4 atom stereocenters. The molecule has 1 aromatic rings. The SMILES string of the molecule is COC1([n+]2ccccc2)C(Cl)=CC(C(=O)CO)=CC1(Cl)O[C@@H]1CC[C@H](O)C1. The van der Waals surface area contributed by atoms with Gasteiger partial charge in [-0.15, -0.1) is 0 Å². The Balaban J connectivity index is 2.13. The van der Waals surface area contributed by atoms with Crippen molar-refractivity contribution in [3.8, 4) is 0 Å². The number of nitrogens with zero attached hydrogens (tertiary/aromatic N) is 1. The molecule has 2 unspecified atom stereocenters. The maximum Gasteiger partial charge on any atom is 0.357 e.